The summed E-state index contributed by atoms with van der Waals surface area (Å²) in [5.41, 5.74) is 1.40. The van der Waals surface area contributed by atoms with Crippen molar-refractivity contribution in [3.63, 3.8) is 0 Å². The van der Waals surface area contributed by atoms with Gasteiger partial charge in [0.1, 0.15) is 11.6 Å². The van der Waals surface area contributed by atoms with Gasteiger partial charge in [-0.3, -0.25) is 9.59 Å². The van der Waals surface area contributed by atoms with Gasteiger partial charge in [0.15, 0.2) is 0 Å². The first-order valence-electron chi connectivity index (χ1n) is 9.49. The molecule has 7 heteroatoms. The van der Waals surface area contributed by atoms with Crippen molar-refractivity contribution in [2.75, 3.05) is 13.1 Å². The lowest BCUT2D eigenvalue weighted by Crippen LogP contribution is -2.56. The molecule has 1 aliphatic rings. The van der Waals surface area contributed by atoms with Gasteiger partial charge in [-0.05, 0) is 31.0 Å². The molecule has 1 atom stereocenters. The Labute approximate surface area is 164 Å². The summed E-state index contributed by atoms with van der Waals surface area (Å²) in [5, 5.41) is 2.97. The number of halogens is 1. The van der Waals surface area contributed by atoms with E-state index in [2.05, 4.69) is 15.3 Å². The minimum absolute atomic E-state index is 0.0648. The Morgan fingerprint density at radius 2 is 1.75 bits per heavy atom. The molecular weight excluding hydrogens is 359 g/mol. The maximum Gasteiger partial charge on any atom is 0.257 e. The highest BCUT2D eigenvalue weighted by molar-refractivity contribution is 5.95. The van der Waals surface area contributed by atoms with Gasteiger partial charge < -0.3 is 10.2 Å². The number of carbonyl (C=O) groups is 2. The van der Waals surface area contributed by atoms with E-state index in [0.29, 0.717) is 30.9 Å². The SMILES string of the molecule is CC(Cc1ccc(F)cc1)NC(=O)C1CN(C(=O)c2cnc(C(C)C)nc2)C1. The molecule has 2 aromatic rings. The van der Waals surface area contributed by atoms with Crippen molar-refractivity contribution in [2.24, 2.45) is 5.92 Å². The van der Waals surface area contributed by atoms with Crippen molar-refractivity contribution in [1.29, 1.82) is 0 Å². The molecule has 1 unspecified atom stereocenters. The molecule has 0 spiro atoms. The zero-order chi connectivity index (χ0) is 20.3. The van der Waals surface area contributed by atoms with Crippen molar-refractivity contribution in [1.82, 2.24) is 20.2 Å². The first kappa shape index (κ1) is 19.9. The third-order valence-corrected chi connectivity index (χ3v) is 4.82. The van der Waals surface area contributed by atoms with Crippen molar-refractivity contribution in [3.05, 3.63) is 59.4 Å². The van der Waals surface area contributed by atoms with E-state index >= 15 is 0 Å². The Morgan fingerprint density at radius 1 is 1.14 bits per heavy atom. The number of hydrogen-bond acceptors (Lipinski definition) is 4. The Kier molecular flexibility index (Phi) is 6.02. The molecule has 0 radical (unpaired) electrons. The van der Waals surface area contributed by atoms with Crippen LogP contribution in [0.5, 0.6) is 0 Å². The highest BCUT2D eigenvalue weighted by atomic mass is 19.1. The molecule has 1 aliphatic heterocycles. The molecule has 0 bridgehead atoms. The second-order valence-electron chi connectivity index (χ2n) is 7.63. The van der Waals surface area contributed by atoms with Crippen LogP contribution in [0.15, 0.2) is 36.7 Å². The fourth-order valence-electron chi connectivity index (χ4n) is 3.13. The van der Waals surface area contributed by atoms with Crippen LogP contribution in [0, 0.1) is 11.7 Å². The summed E-state index contributed by atoms with van der Waals surface area (Å²) in [4.78, 5) is 34.9. The molecule has 28 heavy (non-hydrogen) atoms. The lowest BCUT2D eigenvalue weighted by molar-refractivity contribution is -0.129. The van der Waals surface area contributed by atoms with E-state index in [4.69, 9.17) is 0 Å². The molecule has 1 aromatic carbocycles. The smallest absolute Gasteiger partial charge is 0.257 e. The topological polar surface area (TPSA) is 75.2 Å². The third-order valence-electron chi connectivity index (χ3n) is 4.82. The largest absolute Gasteiger partial charge is 0.353 e. The minimum Gasteiger partial charge on any atom is -0.353 e. The lowest BCUT2D eigenvalue weighted by Gasteiger charge is -2.38. The van der Waals surface area contributed by atoms with E-state index in [1.54, 1.807) is 29.4 Å². The van der Waals surface area contributed by atoms with Crippen LogP contribution in [-0.2, 0) is 11.2 Å². The first-order valence-corrected chi connectivity index (χ1v) is 9.49. The van der Waals surface area contributed by atoms with Crippen molar-refractivity contribution >= 4 is 11.8 Å². The van der Waals surface area contributed by atoms with E-state index in [1.165, 1.54) is 12.1 Å². The number of benzene rings is 1. The normalized spacial score (nSPS) is 15.2. The van der Waals surface area contributed by atoms with Crippen LogP contribution >= 0.6 is 0 Å². The van der Waals surface area contributed by atoms with E-state index in [1.807, 2.05) is 20.8 Å². The van der Waals surface area contributed by atoms with Crippen molar-refractivity contribution in [2.45, 2.75) is 39.2 Å². The van der Waals surface area contributed by atoms with E-state index in [0.717, 1.165) is 5.56 Å². The van der Waals surface area contributed by atoms with Gasteiger partial charge >= 0.3 is 0 Å². The average Bonchev–Trinajstić information content (AvgIpc) is 2.62. The van der Waals surface area contributed by atoms with Gasteiger partial charge in [0.25, 0.3) is 5.91 Å². The van der Waals surface area contributed by atoms with Crippen LogP contribution in [-0.4, -0.2) is 45.8 Å². The summed E-state index contributed by atoms with van der Waals surface area (Å²) in [7, 11) is 0. The van der Waals surface area contributed by atoms with Gasteiger partial charge in [0, 0.05) is 37.4 Å². The molecule has 1 aromatic heterocycles. The van der Waals surface area contributed by atoms with Gasteiger partial charge in [-0.1, -0.05) is 26.0 Å². The van der Waals surface area contributed by atoms with Gasteiger partial charge in [0.05, 0.1) is 11.5 Å². The van der Waals surface area contributed by atoms with Crippen LogP contribution in [0.4, 0.5) is 4.39 Å². The van der Waals surface area contributed by atoms with Crippen LogP contribution in [0.1, 0.15) is 48.4 Å². The summed E-state index contributed by atoms with van der Waals surface area (Å²) in [6.07, 6.45) is 3.71. The zero-order valence-corrected chi connectivity index (χ0v) is 16.4. The molecule has 148 valence electrons. The van der Waals surface area contributed by atoms with Gasteiger partial charge in [-0.2, -0.15) is 0 Å². The lowest BCUT2D eigenvalue weighted by atomic mass is 9.97. The number of carbonyl (C=O) groups excluding carboxylic acids is 2. The summed E-state index contributed by atoms with van der Waals surface area (Å²) in [5.74, 6) is 0.203. The van der Waals surface area contributed by atoms with E-state index in [-0.39, 0.29) is 35.5 Å². The highest BCUT2D eigenvalue weighted by Gasteiger charge is 2.36. The standard InChI is InChI=1S/C21H25FN4O2/c1-13(2)19-23-9-16(10-24-19)21(28)26-11-17(12-26)20(27)25-14(3)8-15-4-6-18(22)7-5-15/h4-7,9-10,13-14,17H,8,11-12H2,1-3H3,(H,25,27). The van der Waals surface area contributed by atoms with Crippen molar-refractivity contribution in [3.8, 4) is 0 Å². The second-order valence-corrected chi connectivity index (χ2v) is 7.63. The number of nitrogens with zero attached hydrogens (tertiary/aromatic N) is 3. The highest BCUT2D eigenvalue weighted by Crippen LogP contribution is 2.19. The van der Waals surface area contributed by atoms with E-state index < -0.39 is 0 Å². The number of rotatable bonds is 6. The van der Waals surface area contributed by atoms with Gasteiger partial charge in [0.2, 0.25) is 5.91 Å². The minimum atomic E-state index is -0.274. The molecule has 1 saturated heterocycles. The van der Waals surface area contributed by atoms with Crippen LogP contribution < -0.4 is 5.32 Å². The molecule has 1 fully saturated rings. The maximum atomic E-state index is 13.0. The van der Waals surface area contributed by atoms with Gasteiger partial charge in [-0.25, -0.2) is 14.4 Å². The molecule has 1 N–H and O–H groups in total. The molecule has 6 nitrogen and oxygen atoms in total. The molecular formula is C21H25FN4O2. The maximum absolute atomic E-state index is 13.0. The van der Waals surface area contributed by atoms with E-state index in [9.17, 15) is 14.0 Å². The quantitative estimate of drug-likeness (QED) is 0.831. The third kappa shape index (κ3) is 4.71. The molecule has 2 amide bonds. The molecule has 0 saturated carbocycles. The number of nitrogens with one attached hydrogen (secondary N) is 1. The number of hydrogen-bond donors (Lipinski definition) is 1. The Morgan fingerprint density at radius 3 is 2.32 bits per heavy atom. The van der Waals surface area contributed by atoms with Crippen LogP contribution in [0.25, 0.3) is 0 Å². The average molecular weight is 384 g/mol. The zero-order valence-electron chi connectivity index (χ0n) is 16.4. The summed E-state index contributed by atoms with van der Waals surface area (Å²) in [6.45, 7) is 6.68. The Hall–Kier alpha value is -2.83. The molecule has 2 heterocycles. The fraction of sp³-hybridized carbons (Fsp3) is 0.429. The molecule has 0 aliphatic carbocycles. The second kappa shape index (κ2) is 8.46. The Balaban J connectivity index is 1.46. The van der Waals surface area contributed by atoms with Crippen molar-refractivity contribution < 1.29 is 14.0 Å². The predicted octanol–water partition coefficient (Wildman–Crippen LogP) is 2.56. The molecule has 3 rings (SSSR count). The summed E-state index contributed by atoms with van der Waals surface area (Å²) < 4.78 is 13.0. The number of amides is 2. The monoisotopic (exact) mass is 384 g/mol. The number of aromatic nitrogens is 2. The van der Waals surface area contributed by atoms with Crippen LogP contribution in [0.2, 0.25) is 0 Å². The van der Waals surface area contributed by atoms with Crippen LogP contribution in [0.3, 0.4) is 0 Å². The van der Waals surface area contributed by atoms with Gasteiger partial charge in [-0.15, -0.1) is 0 Å². The first-order chi connectivity index (χ1) is 13.3. The number of likely N-dealkylation sites (tertiary alicyclic amines) is 1. The summed E-state index contributed by atoms with van der Waals surface area (Å²) >= 11 is 0. The summed E-state index contributed by atoms with van der Waals surface area (Å²) in [6, 6.07) is 6.19. The fourth-order valence-corrected chi connectivity index (χ4v) is 3.13. The Bertz CT molecular complexity index is 830. The predicted molar refractivity (Wildman–Crippen MR) is 103 cm³/mol.